The first-order chi connectivity index (χ1) is 7.49. The fraction of sp³-hybridized carbons (Fsp3) is 0.545. The van der Waals surface area contributed by atoms with Gasteiger partial charge in [0.1, 0.15) is 0 Å². The molecule has 3 nitrogen and oxygen atoms in total. The molecule has 0 bridgehead atoms. The maximum Gasteiger partial charge on any atom is 0.223 e. The molecule has 0 spiro atoms. The predicted molar refractivity (Wildman–Crippen MR) is 71.6 cm³/mol. The van der Waals surface area contributed by atoms with Crippen molar-refractivity contribution in [3.63, 3.8) is 0 Å². The van der Waals surface area contributed by atoms with Crippen molar-refractivity contribution in [3.8, 4) is 0 Å². The van der Waals surface area contributed by atoms with Gasteiger partial charge in [-0.2, -0.15) is 0 Å². The Balaban J connectivity index is 2.34. The summed E-state index contributed by atoms with van der Waals surface area (Å²) < 4.78 is 1.11. The van der Waals surface area contributed by atoms with Crippen molar-refractivity contribution in [3.05, 3.63) is 20.8 Å². The number of halogens is 1. The van der Waals surface area contributed by atoms with Gasteiger partial charge in [-0.1, -0.05) is 0 Å². The lowest BCUT2D eigenvalue weighted by molar-refractivity contribution is -0.130. The summed E-state index contributed by atoms with van der Waals surface area (Å²) in [6.07, 6.45) is 1.32. The highest BCUT2D eigenvalue weighted by atomic mass is 79.9. The van der Waals surface area contributed by atoms with Crippen molar-refractivity contribution in [2.45, 2.75) is 25.8 Å². The maximum atomic E-state index is 11.6. The highest BCUT2D eigenvalue weighted by Crippen LogP contribution is 2.20. The summed E-state index contributed by atoms with van der Waals surface area (Å²) in [6, 6.07) is 2.03. The Morgan fingerprint density at radius 1 is 1.69 bits per heavy atom. The van der Waals surface area contributed by atoms with Gasteiger partial charge in [-0.3, -0.25) is 4.79 Å². The third-order valence-electron chi connectivity index (χ3n) is 2.24. The molecule has 2 N–H and O–H groups in total. The molecule has 1 aromatic heterocycles. The first-order valence-electron chi connectivity index (χ1n) is 5.21. The second-order valence-corrected chi connectivity index (χ2v) is 5.89. The lowest BCUT2D eigenvalue weighted by Crippen LogP contribution is -2.33. The van der Waals surface area contributed by atoms with Gasteiger partial charge in [0.25, 0.3) is 0 Å². The van der Waals surface area contributed by atoms with E-state index in [0.29, 0.717) is 6.42 Å². The molecule has 0 saturated heterocycles. The van der Waals surface area contributed by atoms with E-state index in [0.717, 1.165) is 17.4 Å². The molecular formula is C11H17BrN2OS. The highest BCUT2D eigenvalue weighted by Gasteiger charge is 2.10. The van der Waals surface area contributed by atoms with Gasteiger partial charge in [0.05, 0.1) is 0 Å². The van der Waals surface area contributed by atoms with Gasteiger partial charge in [0, 0.05) is 40.8 Å². The SMILES string of the molecule is CC(N)CC(=O)N(C)CCc1cc(Br)cs1. The van der Waals surface area contributed by atoms with Crippen LogP contribution in [0.5, 0.6) is 0 Å². The van der Waals surface area contributed by atoms with E-state index in [-0.39, 0.29) is 11.9 Å². The van der Waals surface area contributed by atoms with E-state index < -0.39 is 0 Å². The number of nitrogens with two attached hydrogens (primary N) is 1. The first-order valence-corrected chi connectivity index (χ1v) is 6.88. The van der Waals surface area contributed by atoms with Gasteiger partial charge in [0.15, 0.2) is 0 Å². The molecule has 0 fully saturated rings. The van der Waals surface area contributed by atoms with Crippen LogP contribution >= 0.6 is 27.3 Å². The van der Waals surface area contributed by atoms with Crippen LogP contribution < -0.4 is 5.73 Å². The largest absolute Gasteiger partial charge is 0.345 e. The molecule has 1 heterocycles. The van der Waals surface area contributed by atoms with E-state index in [9.17, 15) is 4.79 Å². The van der Waals surface area contributed by atoms with Gasteiger partial charge in [-0.25, -0.2) is 0 Å². The molecule has 0 aliphatic heterocycles. The second kappa shape index (κ2) is 6.37. The lowest BCUT2D eigenvalue weighted by Gasteiger charge is -2.17. The van der Waals surface area contributed by atoms with Crippen molar-refractivity contribution in [2.24, 2.45) is 5.73 Å². The minimum atomic E-state index is -0.0640. The zero-order valence-electron chi connectivity index (χ0n) is 9.57. The summed E-state index contributed by atoms with van der Waals surface area (Å²) in [7, 11) is 1.83. The molecule has 1 rings (SSSR count). The van der Waals surface area contributed by atoms with Crippen LogP contribution in [0.1, 0.15) is 18.2 Å². The number of hydrogen-bond donors (Lipinski definition) is 1. The van der Waals surface area contributed by atoms with Crippen LogP contribution in [0, 0.1) is 0 Å². The van der Waals surface area contributed by atoms with Crippen molar-refractivity contribution >= 4 is 33.2 Å². The minimum absolute atomic E-state index is 0.0640. The molecule has 16 heavy (non-hydrogen) atoms. The van der Waals surface area contributed by atoms with Crippen LogP contribution in [0.3, 0.4) is 0 Å². The van der Waals surface area contributed by atoms with Crippen molar-refractivity contribution in [1.82, 2.24) is 4.90 Å². The first kappa shape index (κ1) is 13.7. The van der Waals surface area contributed by atoms with Gasteiger partial charge in [0.2, 0.25) is 5.91 Å². The summed E-state index contributed by atoms with van der Waals surface area (Å²) in [4.78, 5) is 14.7. The molecule has 0 saturated carbocycles. The van der Waals surface area contributed by atoms with E-state index in [2.05, 4.69) is 27.4 Å². The molecule has 1 unspecified atom stereocenters. The van der Waals surface area contributed by atoms with Crippen LogP contribution in [0.25, 0.3) is 0 Å². The average molecular weight is 305 g/mol. The minimum Gasteiger partial charge on any atom is -0.345 e. The Hall–Kier alpha value is -0.390. The molecule has 0 aliphatic rings. The molecular weight excluding hydrogens is 288 g/mol. The van der Waals surface area contributed by atoms with Crippen LogP contribution in [-0.2, 0) is 11.2 Å². The summed E-state index contributed by atoms with van der Waals surface area (Å²) in [5.74, 6) is 0.116. The van der Waals surface area contributed by atoms with Crippen LogP contribution in [-0.4, -0.2) is 30.4 Å². The number of amides is 1. The Kier molecular flexibility index (Phi) is 5.44. The maximum absolute atomic E-state index is 11.6. The lowest BCUT2D eigenvalue weighted by atomic mass is 10.2. The van der Waals surface area contributed by atoms with E-state index in [1.165, 1.54) is 4.88 Å². The van der Waals surface area contributed by atoms with E-state index >= 15 is 0 Å². The number of nitrogens with zero attached hydrogens (tertiary/aromatic N) is 1. The van der Waals surface area contributed by atoms with Gasteiger partial charge in [-0.05, 0) is 35.3 Å². The fourth-order valence-corrected chi connectivity index (χ4v) is 2.76. The molecule has 0 radical (unpaired) electrons. The van der Waals surface area contributed by atoms with Crippen molar-refractivity contribution in [1.29, 1.82) is 0 Å². The van der Waals surface area contributed by atoms with E-state index in [1.807, 2.05) is 14.0 Å². The quantitative estimate of drug-likeness (QED) is 0.907. The molecule has 1 atom stereocenters. The molecule has 1 amide bonds. The van der Waals surface area contributed by atoms with Crippen LogP contribution in [0.2, 0.25) is 0 Å². The molecule has 5 heteroatoms. The molecule has 0 aliphatic carbocycles. The van der Waals surface area contributed by atoms with Gasteiger partial charge >= 0.3 is 0 Å². The third-order valence-corrected chi connectivity index (χ3v) is 4.00. The molecule has 90 valence electrons. The molecule has 1 aromatic rings. The highest BCUT2D eigenvalue weighted by molar-refractivity contribution is 9.10. The number of carbonyl (C=O) groups is 1. The Morgan fingerprint density at radius 3 is 2.88 bits per heavy atom. The Bertz CT molecular complexity index is 352. The topological polar surface area (TPSA) is 46.3 Å². The number of rotatable bonds is 5. The fourth-order valence-electron chi connectivity index (χ4n) is 1.32. The second-order valence-electron chi connectivity index (χ2n) is 3.98. The van der Waals surface area contributed by atoms with Crippen LogP contribution in [0.4, 0.5) is 0 Å². The Labute approximate surface area is 109 Å². The van der Waals surface area contributed by atoms with E-state index in [1.54, 1.807) is 16.2 Å². The third kappa shape index (κ3) is 4.63. The standard InChI is InChI=1S/C11H17BrN2OS/c1-8(13)5-11(15)14(2)4-3-10-6-9(12)7-16-10/h6-8H,3-5,13H2,1-2H3. The summed E-state index contributed by atoms with van der Waals surface area (Å²) in [5, 5.41) is 2.05. The van der Waals surface area contributed by atoms with Gasteiger partial charge < -0.3 is 10.6 Å². The zero-order valence-corrected chi connectivity index (χ0v) is 12.0. The Morgan fingerprint density at radius 2 is 2.38 bits per heavy atom. The smallest absolute Gasteiger partial charge is 0.223 e. The summed E-state index contributed by atoms with van der Waals surface area (Å²) >= 11 is 5.12. The molecule has 0 aromatic carbocycles. The number of thiophene rings is 1. The summed E-state index contributed by atoms with van der Waals surface area (Å²) in [6.45, 7) is 2.60. The van der Waals surface area contributed by atoms with Gasteiger partial charge in [-0.15, -0.1) is 11.3 Å². The summed E-state index contributed by atoms with van der Waals surface area (Å²) in [5.41, 5.74) is 5.59. The van der Waals surface area contributed by atoms with E-state index in [4.69, 9.17) is 5.73 Å². The number of hydrogen-bond acceptors (Lipinski definition) is 3. The zero-order chi connectivity index (χ0) is 12.1. The van der Waals surface area contributed by atoms with Crippen LogP contribution in [0.15, 0.2) is 15.9 Å². The normalized spacial score (nSPS) is 12.5. The average Bonchev–Trinajstić information content (AvgIpc) is 2.59. The monoisotopic (exact) mass is 304 g/mol. The predicted octanol–water partition coefficient (Wildman–Crippen LogP) is 2.25. The van der Waals surface area contributed by atoms with Crippen molar-refractivity contribution in [2.75, 3.05) is 13.6 Å². The number of likely N-dealkylation sites (N-methyl/N-ethyl adjacent to an activating group) is 1. The number of carbonyl (C=O) groups excluding carboxylic acids is 1. The van der Waals surface area contributed by atoms with Crippen molar-refractivity contribution < 1.29 is 4.79 Å².